The summed E-state index contributed by atoms with van der Waals surface area (Å²) >= 11 is 9.32. The molecule has 2 fully saturated rings. The number of nitrogens with two attached hydrogens (primary N) is 1. The van der Waals surface area contributed by atoms with Gasteiger partial charge in [-0.05, 0) is 49.6 Å². The summed E-state index contributed by atoms with van der Waals surface area (Å²) in [6.07, 6.45) is -0.670. The largest absolute Gasteiger partial charge is 0.480 e. The Morgan fingerprint density at radius 2 is 1.80 bits per heavy atom. The van der Waals surface area contributed by atoms with Crippen LogP contribution in [0.15, 0.2) is 46.2 Å². The first kappa shape index (κ1) is 38.1. The van der Waals surface area contributed by atoms with Gasteiger partial charge in [-0.2, -0.15) is 4.72 Å². The Balaban J connectivity index is 1.14. The van der Waals surface area contributed by atoms with Crippen molar-refractivity contribution in [1.82, 2.24) is 14.9 Å². The Hall–Kier alpha value is -3.11. The zero-order valence-electron chi connectivity index (χ0n) is 26.4. The molecular weight excluding hydrogens is 756 g/mol. The highest BCUT2D eigenvalue weighted by molar-refractivity contribution is 8.21. The average Bonchev–Trinajstić information content (AvgIpc) is 3.64. The predicted molar refractivity (Wildman–Crippen MR) is 188 cm³/mol. The molecule has 3 aliphatic heterocycles. The molecule has 50 heavy (non-hydrogen) atoms. The van der Waals surface area contributed by atoms with Gasteiger partial charge < -0.3 is 25.7 Å². The molecule has 272 valence electrons. The molecule has 2 saturated heterocycles. The summed E-state index contributed by atoms with van der Waals surface area (Å²) in [6, 6.07) is 5.50. The molecule has 3 unspecified atom stereocenters. The molecule has 4 atom stereocenters. The average molecular weight is 791 g/mol. The lowest BCUT2D eigenvalue weighted by atomic mass is 10.0. The molecule has 0 saturated carbocycles. The number of fused-ring (bicyclic) bond motifs is 1. The van der Waals surface area contributed by atoms with E-state index in [0.29, 0.717) is 18.5 Å². The van der Waals surface area contributed by atoms with Crippen LogP contribution in [0.25, 0.3) is 0 Å². The number of nitrogens with one attached hydrogen (secondary N) is 4. The number of aryl methyl sites for hydroxylation is 1. The molecule has 0 radical (unpaired) electrons. The van der Waals surface area contributed by atoms with E-state index < -0.39 is 77.9 Å². The van der Waals surface area contributed by atoms with Gasteiger partial charge in [-0.25, -0.2) is 26.8 Å². The highest BCUT2D eigenvalue weighted by atomic mass is 35.5. The number of carbonyl (C=O) groups excluding carboxylic acids is 2. The molecule has 3 heterocycles. The lowest BCUT2D eigenvalue weighted by Gasteiger charge is -2.28. The Bertz CT molecular complexity index is 1910. The highest BCUT2D eigenvalue weighted by Crippen LogP contribution is 2.51. The van der Waals surface area contributed by atoms with E-state index in [1.165, 1.54) is 11.8 Å². The number of amides is 2. The van der Waals surface area contributed by atoms with Crippen molar-refractivity contribution >= 4 is 90.3 Å². The second kappa shape index (κ2) is 14.9. The predicted octanol–water partition coefficient (Wildman–Crippen LogP) is 1.27. The molecule has 0 bridgehead atoms. The fourth-order valence-electron chi connectivity index (χ4n) is 6.01. The van der Waals surface area contributed by atoms with Crippen LogP contribution in [0.3, 0.4) is 0 Å². The lowest BCUT2D eigenvalue weighted by molar-refractivity contribution is -0.149. The van der Waals surface area contributed by atoms with E-state index in [4.69, 9.17) is 16.7 Å². The van der Waals surface area contributed by atoms with Crippen molar-refractivity contribution in [2.75, 3.05) is 28.7 Å². The van der Waals surface area contributed by atoms with Gasteiger partial charge in [0.1, 0.15) is 21.9 Å². The van der Waals surface area contributed by atoms with Crippen LogP contribution in [-0.4, -0.2) is 102 Å². The van der Waals surface area contributed by atoms with E-state index in [1.807, 2.05) is 0 Å². The minimum atomic E-state index is -4.29. The molecule has 3 aliphatic rings. The van der Waals surface area contributed by atoms with E-state index in [1.54, 1.807) is 47.8 Å². The third-order valence-electron chi connectivity index (χ3n) is 8.40. The van der Waals surface area contributed by atoms with Gasteiger partial charge in [-0.3, -0.25) is 19.7 Å². The van der Waals surface area contributed by atoms with Crippen molar-refractivity contribution in [3.8, 4) is 0 Å². The second-order valence-electron chi connectivity index (χ2n) is 12.0. The Morgan fingerprint density at radius 3 is 2.40 bits per heavy atom. The highest BCUT2D eigenvalue weighted by Gasteiger charge is 2.52. The third-order valence-corrected chi connectivity index (χ3v) is 14.7. The van der Waals surface area contributed by atoms with E-state index >= 15 is 0 Å². The van der Waals surface area contributed by atoms with E-state index in [2.05, 4.69) is 20.7 Å². The fraction of sp³-hybridized carbons (Fsp3) is 0.448. The fourth-order valence-corrected chi connectivity index (χ4v) is 11.8. The van der Waals surface area contributed by atoms with Gasteiger partial charge in [-0.1, -0.05) is 23.7 Å². The van der Waals surface area contributed by atoms with Gasteiger partial charge in [0, 0.05) is 30.2 Å². The van der Waals surface area contributed by atoms with Gasteiger partial charge in [0.25, 0.3) is 0 Å². The van der Waals surface area contributed by atoms with Crippen LogP contribution in [0.5, 0.6) is 0 Å². The molecule has 0 aliphatic carbocycles. The molecule has 1 spiro atoms. The number of thioether (sulfide) groups is 2. The molecule has 5 rings (SSSR count). The van der Waals surface area contributed by atoms with Gasteiger partial charge in [0.05, 0.1) is 33.4 Å². The van der Waals surface area contributed by atoms with Crippen molar-refractivity contribution in [2.24, 2.45) is 5.14 Å². The first-order chi connectivity index (χ1) is 23.4. The number of carboxylic acids is 2. The number of aliphatic carboxylic acids is 2. The maximum atomic E-state index is 13.3. The maximum Gasteiger partial charge on any atom is 0.326 e. The summed E-state index contributed by atoms with van der Waals surface area (Å²) < 4.78 is 51.0. The van der Waals surface area contributed by atoms with Crippen molar-refractivity contribution in [3.05, 3.63) is 47.0 Å². The van der Waals surface area contributed by atoms with Crippen LogP contribution < -0.4 is 25.8 Å². The standard InChI is InChI=1S/C29H35ClN6O10S4/c1-15(26(38)36-14-29(47-8-9-48-29)13-21(36)28(41)42)32-19(27(39)40)7-4-16-2-5-17(6-3-16)33-25(37)12-24-34-20-10-18(30)22(49(31,43)44)11-23(20)50(45,46)35-24/h2-3,5-6,10-11,15,19,21,24,32,34-35H,4,7-9,12-14H2,1H3,(H,33,37)(H,39,40)(H,41,42)(H2,31,43,44)/t15-,19?,21?,24?/m0/s1. The first-order valence-corrected chi connectivity index (χ1v) is 20.6. The SMILES string of the molecule is C[C@H](NC(CCc1ccc(NC(=O)CC2Nc3cc(Cl)c(S(N)(=O)=O)cc3S(=O)(=O)N2)cc1)C(=O)O)C(=O)N1CC2(CC1C(=O)O)SCCS2. The van der Waals surface area contributed by atoms with Crippen molar-refractivity contribution in [1.29, 1.82) is 0 Å². The van der Waals surface area contributed by atoms with Gasteiger partial charge >= 0.3 is 11.9 Å². The van der Waals surface area contributed by atoms with E-state index in [9.17, 15) is 46.2 Å². The van der Waals surface area contributed by atoms with Crippen LogP contribution in [-0.2, 0) is 45.6 Å². The van der Waals surface area contributed by atoms with Crippen LogP contribution in [0, 0.1) is 0 Å². The van der Waals surface area contributed by atoms with Crippen LogP contribution in [0.1, 0.15) is 31.7 Å². The zero-order chi connectivity index (χ0) is 36.6. The summed E-state index contributed by atoms with van der Waals surface area (Å²) in [5.74, 6) is -1.51. The Labute approximate surface area is 301 Å². The topological polar surface area (TPSA) is 254 Å². The van der Waals surface area contributed by atoms with E-state index in [0.717, 1.165) is 29.2 Å². The molecule has 8 N–H and O–H groups in total. The minimum absolute atomic E-state index is 0.00705. The summed E-state index contributed by atoms with van der Waals surface area (Å²) in [5.41, 5.74) is 1.12. The number of primary sulfonamides is 1. The first-order valence-electron chi connectivity index (χ1n) is 15.2. The number of anilines is 2. The van der Waals surface area contributed by atoms with Crippen molar-refractivity contribution in [3.63, 3.8) is 0 Å². The molecule has 2 aromatic carbocycles. The van der Waals surface area contributed by atoms with Gasteiger partial charge in [0.15, 0.2) is 0 Å². The van der Waals surface area contributed by atoms with Gasteiger partial charge in [-0.15, -0.1) is 23.5 Å². The van der Waals surface area contributed by atoms with Crippen molar-refractivity contribution in [2.45, 2.75) is 70.8 Å². The number of hydrogen-bond acceptors (Lipinski definition) is 12. The number of benzene rings is 2. The summed E-state index contributed by atoms with van der Waals surface area (Å²) in [4.78, 5) is 50.5. The summed E-state index contributed by atoms with van der Waals surface area (Å²) in [5, 5.41) is 32.8. The lowest BCUT2D eigenvalue weighted by Crippen LogP contribution is -2.53. The Morgan fingerprint density at radius 1 is 1.14 bits per heavy atom. The number of likely N-dealkylation sites (tertiary alicyclic amines) is 1. The monoisotopic (exact) mass is 790 g/mol. The molecular formula is C29H35ClN6O10S4. The second-order valence-corrected chi connectivity index (χ2v) is 18.9. The zero-order valence-corrected chi connectivity index (χ0v) is 30.4. The van der Waals surface area contributed by atoms with Crippen LogP contribution in [0.4, 0.5) is 11.4 Å². The van der Waals surface area contributed by atoms with Gasteiger partial charge in [0.2, 0.25) is 31.9 Å². The molecule has 2 aromatic rings. The summed E-state index contributed by atoms with van der Waals surface area (Å²) in [6.45, 7) is 1.81. The molecule has 16 nitrogen and oxygen atoms in total. The Kier molecular flexibility index (Phi) is 11.3. The molecule has 21 heteroatoms. The number of hydrogen-bond donors (Lipinski definition) is 7. The van der Waals surface area contributed by atoms with Crippen molar-refractivity contribution < 1.29 is 46.2 Å². The third kappa shape index (κ3) is 8.67. The number of sulfonamides is 2. The number of carbonyl (C=O) groups is 4. The molecule has 2 amide bonds. The number of nitrogens with zero attached hydrogens (tertiary/aromatic N) is 1. The number of rotatable bonds is 12. The smallest absolute Gasteiger partial charge is 0.326 e. The number of halogens is 1. The minimum Gasteiger partial charge on any atom is -0.480 e. The normalized spacial score (nSPS) is 21.9. The van der Waals surface area contributed by atoms with Crippen LogP contribution >= 0.6 is 35.1 Å². The maximum absolute atomic E-state index is 13.3. The number of carboxylic acid groups (broad SMARTS) is 2. The molecule has 0 aromatic heterocycles. The van der Waals surface area contributed by atoms with Crippen LogP contribution in [0.2, 0.25) is 5.02 Å². The quantitative estimate of drug-likeness (QED) is 0.160. The summed E-state index contributed by atoms with van der Waals surface area (Å²) in [7, 11) is -8.52. The van der Waals surface area contributed by atoms with E-state index in [-0.39, 0.29) is 34.2 Å².